The van der Waals surface area contributed by atoms with Crippen molar-refractivity contribution in [3.05, 3.63) is 69.7 Å². The highest BCUT2D eigenvalue weighted by molar-refractivity contribution is 6.32. The van der Waals surface area contributed by atoms with Crippen molar-refractivity contribution in [1.82, 2.24) is 9.80 Å². The predicted octanol–water partition coefficient (Wildman–Crippen LogP) is 11.1. The standard InChI is InChI=1S/C23H27ClF3NO6.C18H23Cl2NO3.C5H5F3O3/c1-14(2)20(33-19(31)12-11-18(30)23(25,26)27)34-21(32)28(3)22(13-7-6-10-17(22)29)15-8-4-5-9-16(15)24;1-12(2)16(20)24-17(23)21(3)18(11-7-6-10-15(18)22)13-8-4-5-9-14(13)19;6-5(7,8)3(9)1-2-4(10)11/h4-5,8-9,14,20H,6-7,10-13H2,1-3H3;4-5,8-9,12,16H,6-7,10-11H2,1-3H3;1-2H2,(H,10,11)/t20?,22-;16?,18-;/m00./s1. The quantitative estimate of drug-likeness (QED) is 0.0770. The van der Waals surface area contributed by atoms with Crippen molar-refractivity contribution in [2.24, 2.45) is 11.8 Å². The number of hydrogen-bond acceptors (Lipinski definition) is 11. The van der Waals surface area contributed by atoms with Crippen LogP contribution in [0.25, 0.3) is 0 Å². The number of carboxylic acid groups (broad SMARTS) is 1. The molecular formula is C46H55Cl3F6N2O12. The fraction of sp³-hybridized carbons (Fsp3) is 0.565. The minimum atomic E-state index is -5.05. The van der Waals surface area contributed by atoms with Crippen LogP contribution in [-0.4, -0.2) is 100 Å². The van der Waals surface area contributed by atoms with Gasteiger partial charge in [-0.3, -0.25) is 38.6 Å². The summed E-state index contributed by atoms with van der Waals surface area (Å²) in [5.41, 5.74) is -2.13. The number of benzene rings is 2. The van der Waals surface area contributed by atoms with Gasteiger partial charge in [-0.1, -0.05) is 98.9 Å². The van der Waals surface area contributed by atoms with E-state index in [1.165, 1.54) is 11.9 Å². The maximum Gasteiger partial charge on any atom is 0.449 e. The number of carbonyl (C=O) groups is 8. The SMILES string of the molecule is CC(C)C(Cl)OC(=O)N(C)[C@]1(c2ccccc2Cl)CCCCC1=O.CC(C)C(OC(=O)CCC(=O)C(F)(F)F)OC(=O)N(C)[C@]1(c2ccccc2Cl)CCCCC1=O.O=C(O)CCC(=O)C(F)(F)F. The van der Waals surface area contributed by atoms with Crippen molar-refractivity contribution in [2.75, 3.05) is 14.1 Å². The summed E-state index contributed by atoms with van der Waals surface area (Å²) in [6.07, 6.45) is -12.2. The van der Waals surface area contributed by atoms with Gasteiger partial charge in [-0.05, 0) is 50.7 Å². The highest BCUT2D eigenvalue weighted by Crippen LogP contribution is 2.44. The molecular weight excluding hydrogens is 993 g/mol. The first-order chi connectivity index (χ1) is 31.9. The number of likely N-dealkylation sites (N-methyl/N-ethyl adjacent to an activating group) is 2. The van der Waals surface area contributed by atoms with Crippen molar-refractivity contribution in [3.63, 3.8) is 0 Å². The topological polar surface area (TPSA) is 191 Å². The normalized spacial score (nSPS) is 19.1. The molecule has 0 heterocycles. The number of esters is 1. The van der Waals surface area contributed by atoms with Crippen molar-refractivity contribution in [1.29, 1.82) is 0 Å². The molecule has 69 heavy (non-hydrogen) atoms. The zero-order chi connectivity index (χ0) is 52.7. The van der Waals surface area contributed by atoms with Crippen molar-refractivity contribution in [2.45, 2.75) is 140 Å². The van der Waals surface area contributed by atoms with Gasteiger partial charge in [0, 0.05) is 72.8 Å². The van der Waals surface area contributed by atoms with Crippen LogP contribution in [0.3, 0.4) is 0 Å². The van der Waals surface area contributed by atoms with E-state index in [4.69, 9.17) is 54.1 Å². The molecule has 0 saturated heterocycles. The fourth-order valence-corrected chi connectivity index (χ4v) is 7.93. The highest BCUT2D eigenvalue weighted by atomic mass is 35.5. The third-order valence-electron chi connectivity index (χ3n) is 11.1. The first kappa shape index (κ1) is 60.2. The molecule has 4 atom stereocenters. The zero-order valence-corrected chi connectivity index (χ0v) is 40.9. The zero-order valence-electron chi connectivity index (χ0n) is 38.6. The van der Waals surface area contributed by atoms with Gasteiger partial charge in [0.05, 0.1) is 12.8 Å². The Morgan fingerprint density at radius 1 is 0.623 bits per heavy atom. The first-order valence-electron chi connectivity index (χ1n) is 21.7. The number of halogens is 9. The largest absolute Gasteiger partial charge is 0.481 e. The number of amides is 2. The third-order valence-corrected chi connectivity index (χ3v) is 12.4. The van der Waals surface area contributed by atoms with E-state index in [0.717, 1.165) is 17.7 Å². The lowest BCUT2D eigenvalue weighted by Gasteiger charge is -2.43. The van der Waals surface area contributed by atoms with Crippen LogP contribution < -0.4 is 0 Å². The molecule has 2 fully saturated rings. The van der Waals surface area contributed by atoms with E-state index in [-0.39, 0.29) is 23.9 Å². The van der Waals surface area contributed by atoms with E-state index in [9.17, 15) is 64.7 Å². The van der Waals surface area contributed by atoms with E-state index >= 15 is 0 Å². The Bertz CT molecular complexity index is 2160. The van der Waals surface area contributed by atoms with Gasteiger partial charge in [0.15, 0.2) is 17.1 Å². The molecule has 0 aromatic heterocycles. The second-order valence-corrected chi connectivity index (χ2v) is 18.0. The van der Waals surface area contributed by atoms with Crippen LogP contribution in [0.1, 0.15) is 116 Å². The number of carboxylic acids is 1. The summed E-state index contributed by atoms with van der Waals surface area (Å²) in [4.78, 5) is 96.9. The Kier molecular flexibility index (Phi) is 22.9. The molecule has 0 bridgehead atoms. The molecule has 2 saturated carbocycles. The smallest absolute Gasteiger partial charge is 0.449 e. The van der Waals surface area contributed by atoms with Gasteiger partial charge in [-0.25, -0.2) is 9.59 Å². The number of ketones is 4. The maximum absolute atomic E-state index is 13.1. The number of carbonyl (C=O) groups excluding carboxylic acids is 7. The number of aliphatic carboxylic acids is 1. The number of ether oxygens (including phenoxy) is 3. The lowest BCUT2D eigenvalue weighted by atomic mass is 9.74. The predicted molar refractivity (Wildman–Crippen MR) is 239 cm³/mol. The van der Waals surface area contributed by atoms with Crippen molar-refractivity contribution in [3.8, 4) is 0 Å². The van der Waals surface area contributed by atoms with Gasteiger partial charge in [0.25, 0.3) is 6.29 Å². The molecule has 384 valence electrons. The summed E-state index contributed by atoms with van der Waals surface area (Å²) in [5, 5.41) is 8.68. The lowest BCUT2D eigenvalue weighted by Crippen LogP contribution is -2.55. The van der Waals surface area contributed by atoms with E-state index in [2.05, 4.69) is 0 Å². The first-order valence-corrected chi connectivity index (χ1v) is 22.8. The molecule has 0 radical (unpaired) electrons. The molecule has 2 amide bonds. The van der Waals surface area contributed by atoms with Gasteiger partial charge in [-0.2, -0.15) is 26.3 Å². The summed E-state index contributed by atoms with van der Waals surface area (Å²) in [6.45, 7) is 6.87. The molecule has 0 aliphatic heterocycles. The number of hydrogen-bond donors (Lipinski definition) is 1. The number of Topliss-reactive ketones (excluding diaryl/α,β-unsaturated/α-hetero) is 4. The summed E-state index contributed by atoms with van der Waals surface area (Å²) < 4.78 is 86.8. The van der Waals surface area contributed by atoms with E-state index in [0.29, 0.717) is 53.3 Å². The average molecular weight is 1050 g/mol. The third kappa shape index (κ3) is 16.6. The van der Waals surface area contributed by atoms with E-state index < -0.39 is 103 Å². The monoisotopic (exact) mass is 1050 g/mol. The minimum absolute atomic E-state index is 0.0167. The fourth-order valence-electron chi connectivity index (χ4n) is 7.26. The van der Waals surface area contributed by atoms with E-state index in [1.54, 1.807) is 63.4 Å². The van der Waals surface area contributed by atoms with Crippen molar-refractivity contribution < 1.29 is 84.0 Å². The van der Waals surface area contributed by atoms with Crippen LogP contribution in [0, 0.1) is 11.8 Å². The van der Waals surface area contributed by atoms with Crippen LogP contribution >= 0.6 is 34.8 Å². The maximum atomic E-state index is 13.1. The molecule has 2 aromatic carbocycles. The van der Waals surface area contributed by atoms with Crippen LogP contribution in [0.15, 0.2) is 48.5 Å². The van der Waals surface area contributed by atoms with Crippen LogP contribution in [0.4, 0.5) is 35.9 Å². The molecule has 2 aliphatic carbocycles. The molecule has 2 unspecified atom stereocenters. The molecule has 2 aromatic rings. The minimum Gasteiger partial charge on any atom is -0.481 e. The summed E-state index contributed by atoms with van der Waals surface area (Å²) >= 11 is 18.8. The summed E-state index contributed by atoms with van der Waals surface area (Å²) in [5.74, 6) is -7.41. The molecule has 23 heteroatoms. The lowest BCUT2D eigenvalue weighted by molar-refractivity contribution is -0.181. The van der Waals surface area contributed by atoms with Gasteiger partial charge in [-0.15, -0.1) is 0 Å². The van der Waals surface area contributed by atoms with Crippen LogP contribution in [0.5, 0.6) is 0 Å². The van der Waals surface area contributed by atoms with E-state index in [1.807, 2.05) is 19.9 Å². The summed E-state index contributed by atoms with van der Waals surface area (Å²) in [6, 6.07) is 13.8. The Balaban J connectivity index is 0.000000403. The average Bonchev–Trinajstić information content (AvgIpc) is 3.27. The molecule has 1 N–H and O–H groups in total. The van der Waals surface area contributed by atoms with Gasteiger partial charge in [0.1, 0.15) is 11.1 Å². The van der Waals surface area contributed by atoms with Crippen LogP contribution in [-0.2, 0) is 54.1 Å². The Hall–Kier alpha value is -4.95. The van der Waals surface area contributed by atoms with Crippen LogP contribution in [0.2, 0.25) is 10.0 Å². The van der Waals surface area contributed by atoms with Gasteiger partial charge >= 0.3 is 36.5 Å². The second kappa shape index (κ2) is 26.3. The Morgan fingerprint density at radius 2 is 1.01 bits per heavy atom. The molecule has 2 aliphatic rings. The molecule has 0 spiro atoms. The Morgan fingerprint density at radius 3 is 1.36 bits per heavy atom. The highest BCUT2D eigenvalue weighted by Gasteiger charge is 2.50. The van der Waals surface area contributed by atoms with Gasteiger partial charge in [0.2, 0.25) is 11.6 Å². The Labute approximate surface area is 410 Å². The number of nitrogens with zero attached hydrogens (tertiary/aromatic N) is 2. The summed E-state index contributed by atoms with van der Waals surface area (Å²) in [7, 11) is 2.97. The van der Waals surface area contributed by atoms with Crippen molar-refractivity contribution >= 4 is 82.1 Å². The van der Waals surface area contributed by atoms with Gasteiger partial charge < -0.3 is 19.3 Å². The number of rotatable bonds is 15. The second-order valence-electron chi connectivity index (χ2n) is 16.8. The molecule has 4 rings (SSSR count). The molecule has 14 nitrogen and oxygen atoms in total. The number of alkyl halides is 7.